The first-order valence-electron chi connectivity index (χ1n) is 2.81. The summed E-state index contributed by atoms with van der Waals surface area (Å²) in [6, 6.07) is 0. The average Bonchev–Trinajstić information content (AvgIpc) is 1.82. The third kappa shape index (κ3) is 3.64. The minimum Gasteiger partial charge on any atom is -0.151 e. The summed E-state index contributed by atoms with van der Waals surface area (Å²) in [6.45, 7) is 9.54. The van der Waals surface area contributed by atoms with Crippen molar-refractivity contribution in [3.8, 4) is 0 Å². The second-order valence-electron chi connectivity index (χ2n) is 1.99. The molecular weight excluding hydrogens is 114 g/mol. The van der Waals surface area contributed by atoms with Crippen LogP contribution in [0.5, 0.6) is 0 Å². The van der Waals surface area contributed by atoms with Gasteiger partial charge in [-0.05, 0) is 13.3 Å². The SMILES string of the molecule is C=C(C)C(=C)CCN=O. The predicted octanol–water partition coefficient (Wildman–Crippen LogP) is 2.28. The lowest BCUT2D eigenvalue weighted by Gasteiger charge is -1.98. The molecular formula is C7H11NO. The molecule has 2 nitrogen and oxygen atoms in total. The fourth-order valence-corrected chi connectivity index (χ4v) is 0.394. The molecule has 0 fully saturated rings. The number of nitrogens with zero attached hydrogens (tertiary/aromatic N) is 1. The van der Waals surface area contributed by atoms with Gasteiger partial charge in [-0.25, -0.2) is 0 Å². The van der Waals surface area contributed by atoms with Crippen LogP contribution in [0.3, 0.4) is 0 Å². The van der Waals surface area contributed by atoms with Crippen LogP contribution in [0.4, 0.5) is 0 Å². The Morgan fingerprint density at radius 1 is 1.56 bits per heavy atom. The summed E-state index contributed by atoms with van der Waals surface area (Å²) in [7, 11) is 0. The van der Waals surface area contributed by atoms with Crippen LogP contribution in [0.25, 0.3) is 0 Å². The van der Waals surface area contributed by atoms with E-state index in [1.54, 1.807) is 0 Å². The molecule has 0 aliphatic rings. The van der Waals surface area contributed by atoms with E-state index in [9.17, 15) is 4.91 Å². The number of hydrogen-bond acceptors (Lipinski definition) is 2. The Labute approximate surface area is 55.2 Å². The van der Waals surface area contributed by atoms with Crippen LogP contribution < -0.4 is 0 Å². The monoisotopic (exact) mass is 125 g/mol. The topological polar surface area (TPSA) is 29.4 Å². The van der Waals surface area contributed by atoms with Crippen molar-refractivity contribution in [1.29, 1.82) is 0 Å². The van der Waals surface area contributed by atoms with Crippen molar-refractivity contribution in [2.24, 2.45) is 5.18 Å². The number of hydrogen-bond donors (Lipinski definition) is 0. The van der Waals surface area contributed by atoms with Crippen molar-refractivity contribution in [3.05, 3.63) is 29.2 Å². The molecule has 0 aromatic rings. The van der Waals surface area contributed by atoms with Crippen LogP contribution in [-0.2, 0) is 0 Å². The largest absolute Gasteiger partial charge is 0.151 e. The van der Waals surface area contributed by atoms with Crippen molar-refractivity contribution >= 4 is 0 Å². The van der Waals surface area contributed by atoms with Crippen LogP contribution >= 0.6 is 0 Å². The first kappa shape index (κ1) is 8.08. The summed E-state index contributed by atoms with van der Waals surface area (Å²) >= 11 is 0. The highest BCUT2D eigenvalue weighted by atomic mass is 16.3. The summed E-state index contributed by atoms with van der Waals surface area (Å²) in [5.41, 5.74) is 1.84. The van der Waals surface area contributed by atoms with Gasteiger partial charge >= 0.3 is 0 Å². The maximum absolute atomic E-state index is 9.61. The Hall–Kier alpha value is -0.920. The molecule has 0 aromatic heterocycles. The number of nitroso groups, excluding NO2 is 1. The Balaban J connectivity index is 3.51. The molecule has 0 saturated heterocycles. The summed E-state index contributed by atoms with van der Waals surface area (Å²) in [6.07, 6.45) is 0.638. The summed E-state index contributed by atoms with van der Waals surface area (Å²) in [5.74, 6) is 0. The second-order valence-corrected chi connectivity index (χ2v) is 1.99. The van der Waals surface area contributed by atoms with Gasteiger partial charge in [0.2, 0.25) is 0 Å². The standard InChI is InChI=1S/C7H11NO/c1-6(2)7(3)4-5-8-9/h1,3-5H2,2H3. The molecule has 0 aliphatic heterocycles. The fraction of sp³-hybridized carbons (Fsp3) is 0.429. The zero-order chi connectivity index (χ0) is 7.28. The number of rotatable bonds is 4. The molecule has 0 unspecified atom stereocenters. The highest BCUT2D eigenvalue weighted by molar-refractivity contribution is 5.22. The summed E-state index contributed by atoms with van der Waals surface area (Å²) < 4.78 is 0. The first-order chi connectivity index (χ1) is 4.18. The van der Waals surface area contributed by atoms with Crippen LogP contribution in [0.15, 0.2) is 29.5 Å². The van der Waals surface area contributed by atoms with Crippen LogP contribution in [-0.4, -0.2) is 6.54 Å². The molecule has 9 heavy (non-hydrogen) atoms. The zero-order valence-corrected chi connectivity index (χ0v) is 5.68. The highest BCUT2D eigenvalue weighted by Crippen LogP contribution is 2.07. The third-order valence-corrected chi connectivity index (χ3v) is 1.11. The molecule has 0 atom stereocenters. The average molecular weight is 125 g/mol. The maximum atomic E-state index is 9.61. The van der Waals surface area contributed by atoms with Crippen LogP contribution in [0, 0.1) is 4.91 Å². The van der Waals surface area contributed by atoms with E-state index in [2.05, 4.69) is 18.3 Å². The molecule has 0 saturated carbocycles. The second kappa shape index (κ2) is 4.01. The van der Waals surface area contributed by atoms with Gasteiger partial charge in [-0.1, -0.05) is 29.5 Å². The maximum Gasteiger partial charge on any atom is 0.0851 e. The molecule has 0 rings (SSSR count). The Morgan fingerprint density at radius 3 is 2.44 bits per heavy atom. The lowest BCUT2D eigenvalue weighted by Crippen LogP contribution is -1.84. The lowest BCUT2D eigenvalue weighted by atomic mass is 10.1. The van der Waals surface area contributed by atoms with Gasteiger partial charge in [0.15, 0.2) is 0 Å². The van der Waals surface area contributed by atoms with E-state index in [1.807, 2.05) is 6.92 Å². The molecule has 0 spiro atoms. The molecule has 50 valence electrons. The molecule has 0 N–H and O–H groups in total. The Bertz CT molecular complexity index is 138. The van der Waals surface area contributed by atoms with Gasteiger partial charge < -0.3 is 0 Å². The first-order valence-corrected chi connectivity index (χ1v) is 2.81. The van der Waals surface area contributed by atoms with Gasteiger partial charge in [-0.15, -0.1) is 0 Å². The molecule has 2 heteroatoms. The summed E-state index contributed by atoms with van der Waals surface area (Å²) in [4.78, 5) is 9.61. The lowest BCUT2D eigenvalue weighted by molar-refractivity contribution is 0.954. The minimum absolute atomic E-state index is 0.311. The summed E-state index contributed by atoms with van der Waals surface area (Å²) in [5, 5.41) is 2.71. The van der Waals surface area contributed by atoms with Crippen molar-refractivity contribution in [2.45, 2.75) is 13.3 Å². The molecule has 0 radical (unpaired) electrons. The molecule has 0 aromatic carbocycles. The fourth-order valence-electron chi connectivity index (χ4n) is 0.394. The zero-order valence-electron chi connectivity index (χ0n) is 5.68. The highest BCUT2D eigenvalue weighted by Gasteiger charge is 1.92. The van der Waals surface area contributed by atoms with Gasteiger partial charge in [0, 0.05) is 0 Å². The van der Waals surface area contributed by atoms with Gasteiger partial charge in [-0.2, -0.15) is 4.91 Å². The van der Waals surface area contributed by atoms with Gasteiger partial charge in [0.25, 0.3) is 0 Å². The van der Waals surface area contributed by atoms with E-state index in [4.69, 9.17) is 0 Å². The van der Waals surface area contributed by atoms with Crippen molar-refractivity contribution in [3.63, 3.8) is 0 Å². The van der Waals surface area contributed by atoms with E-state index in [1.165, 1.54) is 0 Å². The van der Waals surface area contributed by atoms with Gasteiger partial charge in [0.05, 0.1) is 6.54 Å². The van der Waals surface area contributed by atoms with Crippen molar-refractivity contribution < 1.29 is 0 Å². The third-order valence-electron chi connectivity index (χ3n) is 1.11. The van der Waals surface area contributed by atoms with Gasteiger partial charge in [-0.3, -0.25) is 0 Å². The Kier molecular flexibility index (Phi) is 3.60. The Morgan fingerprint density at radius 2 is 2.11 bits per heavy atom. The van der Waals surface area contributed by atoms with Crippen molar-refractivity contribution in [1.82, 2.24) is 0 Å². The smallest absolute Gasteiger partial charge is 0.0851 e. The molecule has 0 bridgehead atoms. The van der Waals surface area contributed by atoms with E-state index in [0.717, 1.165) is 11.1 Å². The quantitative estimate of drug-likeness (QED) is 0.418. The van der Waals surface area contributed by atoms with E-state index in [0.29, 0.717) is 13.0 Å². The van der Waals surface area contributed by atoms with E-state index < -0.39 is 0 Å². The molecule has 0 heterocycles. The molecule has 0 amide bonds. The van der Waals surface area contributed by atoms with Crippen LogP contribution in [0.1, 0.15) is 13.3 Å². The normalized spacial score (nSPS) is 8.56. The van der Waals surface area contributed by atoms with Crippen LogP contribution in [0.2, 0.25) is 0 Å². The van der Waals surface area contributed by atoms with E-state index in [-0.39, 0.29) is 0 Å². The minimum atomic E-state index is 0.311. The van der Waals surface area contributed by atoms with Gasteiger partial charge in [0.1, 0.15) is 0 Å². The number of allylic oxidation sites excluding steroid dienone is 1. The predicted molar refractivity (Wildman–Crippen MR) is 39.2 cm³/mol. The molecule has 0 aliphatic carbocycles. The van der Waals surface area contributed by atoms with Crippen molar-refractivity contribution in [2.75, 3.05) is 6.54 Å². The van der Waals surface area contributed by atoms with E-state index >= 15 is 0 Å².